The van der Waals surface area contributed by atoms with E-state index in [1.165, 1.54) is 6.07 Å². The Labute approximate surface area is 137 Å². The van der Waals surface area contributed by atoms with Gasteiger partial charge in [0, 0.05) is 22.2 Å². The minimum atomic E-state index is -1.15. The first-order chi connectivity index (χ1) is 11.1. The Hall–Kier alpha value is -2.79. The molecule has 1 heterocycles. The minimum Gasteiger partial charge on any atom is -0.489 e. The van der Waals surface area contributed by atoms with Gasteiger partial charge in [0.05, 0.1) is 0 Å². The summed E-state index contributed by atoms with van der Waals surface area (Å²) in [7, 11) is 0. The van der Waals surface area contributed by atoms with Crippen LogP contribution in [0.2, 0.25) is 5.02 Å². The van der Waals surface area contributed by atoms with Gasteiger partial charge in [0.2, 0.25) is 5.76 Å². The van der Waals surface area contributed by atoms with Crippen LogP contribution in [0.15, 0.2) is 59.1 Å². The lowest BCUT2D eigenvalue weighted by atomic mass is 10.1. The number of rotatable bonds is 5. The Morgan fingerprint density at radius 2 is 1.91 bits per heavy atom. The number of benzene rings is 2. The third kappa shape index (κ3) is 3.52. The topological polar surface area (TPSA) is 72.6 Å². The van der Waals surface area contributed by atoms with Crippen LogP contribution < -0.4 is 4.74 Å². The molecule has 3 rings (SSSR count). The second-order valence-electron chi connectivity index (χ2n) is 4.79. The summed E-state index contributed by atoms with van der Waals surface area (Å²) >= 11 is 6.08. The minimum absolute atomic E-state index is 0.195. The highest BCUT2D eigenvalue weighted by Gasteiger charge is 2.12. The quantitative estimate of drug-likeness (QED) is 0.756. The van der Waals surface area contributed by atoms with Gasteiger partial charge in [0.15, 0.2) is 0 Å². The first-order valence-corrected chi connectivity index (χ1v) is 7.18. The van der Waals surface area contributed by atoms with Gasteiger partial charge >= 0.3 is 5.97 Å². The molecule has 0 unspecified atom stereocenters. The Morgan fingerprint density at radius 3 is 2.57 bits per heavy atom. The van der Waals surface area contributed by atoms with E-state index in [1.54, 1.807) is 24.3 Å². The summed E-state index contributed by atoms with van der Waals surface area (Å²) in [4.78, 5) is 10.8. The fraction of sp³-hybridized carbons (Fsp3) is 0.0588. The lowest BCUT2D eigenvalue weighted by Gasteiger charge is -2.08. The molecule has 0 amide bonds. The SMILES string of the molecule is O=C(O)c1cc(-c2ccc(OCc3ccccc3Cl)cc2)no1. The number of carboxylic acids is 1. The van der Waals surface area contributed by atoms with Crippen molar-refractivity contribution in [2.45, 2.75) is 6.61 Å². The van der Waals surface area contributed by atoms with Crippen molar-refractivity contribution >= 4 is 17.6 Å². The molecule has 0 saturated carbocycles. The van der Waals surface area contributed by atoms with Crippen molar-refractivity contribution in [3.05, 3.63) is 70.9 Å². The summed E-state index contributed by atoms with van der Waals surface area (Å²) in [5.41, 5.74) is 2.10. The zero-order chi connectivity index (χ0) is 16.2. The van der Waals surface area contributed by atoms with Crippen LogP contribution in [0.3, 0.4) is 0 Å². The Bertz CT molecular complexity index is 827. The van der Waals surface area contributed by atoms with Crippen molar-refractivity contribution in [1.29, 1.82) is 0 Å². The van der Waals surface area contributed by atoms with Crippen molar-refractivity contribution in [1.82, 2.24) is 5.16 Å². The lowest BCUT2D eigenvalue weighted by molar-refractivity contribution is 0.0652. The average Bonchev–Trinajstić information content (AvgIpc) is 3.05. The molecule has 3 aromatic rings. The van der Waals surface area contributed by atoms with Crippen LogP contribution in [0.4, 0.5) is 0 Å². The van der Waals surface area contributed by atoms with Gasteiger partial charge in [0.1, 0.15) is 18.1 Å². The van der Waals surface area contributed by atoms with Gasteiger partial charge in [-0.2, -0.15) is 0 Å². The predicted octanol–water partition coefficient (Wildman–Crippen LogP) is 4.27. The molecule has 0 bridgehead atoms. The Morgan fingerprint density at radius 1 is 1.17 bits per heavy atom. The molecular formula is C17H12ClNO4. The maximum atomic E-state index is 10.8. The molecule has 0 saturated heterocycles. The Kier molecular flexibility index (Phi) is 4.30. The molecule has 2 aromatic carbocycles. The number of hydrogen-bond acceptors (Lipinski definition) is 4. The number of aromatic nitrogens is 1. The van der Waals surface area contributed by atoms with E-state index in [-0.39, 0.29) is 5.76 Å². The van der Waals surface area contributed by atoms with Crippen molar-refractivity contribution < 1.29 is 19.2 Å². The second-order valence-corrected chi connectivity index (χ2v) is 5.19. The summed E-state index contributed by atoms with van der Waals surface area (Å²) in [6, 6.07) is 16.0. The van der Waals surface area contributed by atoms with Gasteiger partial charge < -0.3 is 14.4 Å². The van der Waals surface area contributed by atoms with Crippen LogP contribution in [0.25, 0.3) is 11.3 Å². The van der Waals surface area contributed by atoms with Gasteiger partial charge in [-0.1, -0.05) is 35.0 Å². The zero-order valence-electron chi connectivity index (χ0n) is 11.9. The van der Waals surface area contributed by atoms with Gasteiger partial charge in [-0.15, -0.1) is 0 Å². The Balaban J connectivity index is 1.69. The summed E-state index contributed by atoms with van der Waals surface area (Å²) in [6.45, 7) is 0.367. The summed E-state index contributed by atoms with van der Waals surface area (Å²) < 4.78 is 10.4. The highest BCUT2D eigenvalue weighted by atomic mass is 35.5. The van der Waals surface area contributed by atoms with E-state index in [0.717, 1.165) is 11.1 Å². The van der Waals surface area contributed by atoms with Gasteiger partial charge in [-0.05, 0) is 30.3 Å². The first-order valence-electron chi connectivity index (χ1n) is 6.80. The molecular weight excluding hydrogens is 318 g/mol. The zero-order valence-corrected chi connectivity index (χ0v) is 12.7. The normalized spacial score (nSPS) is 10.5. The smallest absolute Gasteiger partial charge is 0.374 e. The molecule has 0 spiro atoms. The van der Waals surface area contributed by atoms with Crippen LogP contribution in [-0.2, 0) is 6.61 Å². The third-order valence-electron chi connectivity index (χ3n) is 3.22. The fourth-order valence-electron chi connectivity index (χ4n) is 2.01. The molecule has 23 heavy (non-hydrogen) atoms. The molecule has 0 aliphatic rings. The highest BCUT2D eigenvalue weighted by molar-refractivity contribution is 6.31. The third-order valence-corrected chi connectivity index (χ3v) is 3.59. The van der Waals surface area contributed by atoms with Crippen LogP contribution in [0.1, 0.15) is 16.1 Å². The lowest BCUT2D eigenvalue weighted by Crippen LogP contribution is -1.95. The highest BCUT2D eigenvalue weighted by Crippen LogP contribution is 2.23. The van der Waals surface area contributed by atoms with Crippen LogP contribution >= 0.6 is 11.6 Å². The van der Waals surface area contributed by atoms with Gasteiger partial charge in [-0.3, -0.25) is 0 Å². The maximum Gasteiger partial charge on any atom is 0.374 e. The van der Waals surface area contributed by atoms with E-state index >= 15 is 0 Å². The molecule has 116 valence electrons. The molecule has 6 heteroatoms. The first kappa shape index (κ1) is 15.1. The molecule has 0 aliphatic heterocycles. The van der Waals surface area contributed by atoms with Crippen molar-refractivity contribution in [3.63, 3.8) is 0 Å². The van der Waals surface area contributed by atoms with Crippen molar-refractivity contribution in [2.75, 3.05) is 0 Å². The summed E-state index contributed by atoms with van der Waals surface area (Å²) in [6.07, 6.45) is 0. The van der Waals surface area contributed by atoms with E-state index in [9.17, 15) is 4.79 Å². The number of carbonyl (C=O) groups is 1. The summed E-state index contributed by atoms with van der Waals surface area (Å²) in [5.74, 6) is -0.668. The van der Waals surface area contributed by atoms with Crippen LogP contribution in [0.5, 0.6) is 5.75 Å². The van der Waals surface area contributed by atoms with Gasteiger partial charge in [0.25, 0.3) is 0 Å². The summed E-state index contributed by atoms with van der Waals surface area (Å²) in [5, 5.41) is 13.2. The number of ether oxygens (including phenoxy) is 1. The van der Waals surface area contributed by atoms with E-state index in [2.05, 4.69) is 5.16 Å². The molecule has 0 atom stereocenters. The molecule has 0 fully saturated rings. The number of hydrogen-bond donors (Lipinski definition) is 1. The maximum absolute atomic E-state index is 10.8. The van der Waals surface area contributed by atoms with E-state index in [0.29, 0.717) is 23.1 Å². The molecule has 5 nitrogen and oxygen atoms in total. The van der Waals surface area contributed by atoms with Crippen LogP contribution in [0, 0.1) is 0 Å². The number of aromatic carboxylic acids is 1. The van der Waals surface area contributed by atoms with E-state index in [4.69, 9.17) is 26.0 Å². The van der Waals surface area contributed by atoms with Crippen molar-refractivity contribution in [2.24, 2.45) is 0 Å². The number of halogens is 1. The monoisotopic (exact) mass is 329 g/mol. The van der Waals surface area contributed by atoms with E-state index < -0.39 is 5.97 Å². The van der Waals surface area contributed by atoms with Crippen LogP contribution in [-0.4, -0.2) is 16.2 Å². The van der Waals surface area contributed by atoms with Crippen molar-refractivity contribution in [3.8, 4) is 17.0 Å². The number of nitrogens with zero attached hydrogens (tertiary/aromatic N) is 1. The molecule has 0 aliphatic carbocycles. The van der Waals surface area contributed by atoms with E-state index in [1.807, 2.05) is 24.3 Å². The molecule has 1 N–H and O–H groups in total. The average molecular weight is 330 g/mol. The van der Waals surface area contributed by atoms with Gasteiger partial charge in [-0.25, -0.2) is 4.79 Å². The fourth-order valence-corrected chi connectivity index (χ4v) is 2.20. The largest absolute Gasteiger partial charge is 0.489 e. The predicted molar refractivity (Wildman–Crippen MR) is 84.7 cm³/mol. The standard InChI is InChI=1S/C17H12ClNO4/c18-14-4-2-1-3-12(14)10-22-13-7-5-11(6-8-13)15-9-16(17(20)21)23-19-15/h1-9H,10H2,(H,20,21). The molecule has 1 aromatic heterocycles. The second kappa shape index (κ2) is 6.54. The molecule has 0 radical (unpaired) electrons. The number of carboxylic acid groups (broad SMARTS) is 1.